The Morgan fingerprint density at radius 3 is 2.19 bits per heavy atom. The van der Waals surface area contributed by atoms with Crippen LogP contribution in [0.5, 0.6) is 0 Å². The second-order valence-corrected chi connectivity index (χ2v) is 5.16. The molecule has 0 aromatic heterocycles. The Kier molecular flexibility index (Phi) is 2.96. The summed E-state index contributed by atoms with van der Waals surface area (Å²) >= 11 is 0. The number of aldehydes is 1. The van der Waals surface area contributed by atoms with Crippen molar-refractivity contribution in [2.45, 2.75) is 50.7 Å². The second-order valence-electron chi connectivity index (χ2n) is 5.16. The van der Waals surface area contributed by atoms with Gasteiger partial charge < -0.3 is 10.1 Å². The molecule has 0 spiro atoms. The SMILES string of the molecule is CC(C)(C)NC(=O)OC1(C=O)CC(F)(F)C1. The van der Waals surface area contributed by atoms with Crippen molar-refractivity contribution >= 4 is 12.4 Å². The molecule has 0 atom stereocenters. The van der Waals surface area contributed by atoms with Crippen molar-refractivity contribution in [1.29, 1.82) is 0 Å². The molecule has 0 radical (unpaired) electrons. The Morgan fingerprint density at radius 1 is 1.38 bits per heavy atom. The van der Waals surface area contributed by atoms with Gasteiger partial charge in [0.1, 0.15) is 0 Å². The molecule has 1 fully saturated rings. The first-order valence-corrected chi connectivity index (χ1v) is 4.93. The van der Waals surface area contributed by atoms with Crippen LogP contribution in [-0.2, 0) is 9.53 Å². The zero-order valence-corrected chi connectivity index (χ0v) is 9.47. The molecule has 0 aromatic rings. The highest BCUT2D eigenvalue weighted by Crippen LogP contribution is 2.46. The van der Waals surface area contributed by atoms with Crippen molar-refractivity contribution in [2.24, 2.45) is 0 Å². The molecule has 1 saturated carbocycles. The molecule has 1 amide bonds. The number of alkyl carbamates (subject to hydrolysis) is 1. The number of carbonyl (C=O) groups is 2. The van der Waals surface area contributed by atoms with Gasteiger partial charge in [-0.05, 0) is 20.8 Å². The maximum atomic E-state index is 12.6. The predicted molar refractivity (Wildman–Crippen MR) is 52.3 cm³/mol. The van der Waals surface area contributed by atoms with Crippen LogP contribution in [0.2, 0.25) is 0 Å². The van der Waals surface area contributed by atoms with Crippen LogP contribution in [0.25, 0.3) is 0 Å². The maximum Gasteiger partial charge on any atom is 0.408 e. The lowest BCUT2D eigenvalue weighted by atomic mass is 9.77. The normalized spacial score (nSPS) is 21.8. The van der Waals surface area contributed by atoms with Gasteiger partial charge in [0.05, 0.1) is 12.8 Å². The van der Waals surface area contributed by atoms with Crippen LogP contribution in [0.15, 0.2) is 0 Å². The molecule has 0 bridgehead atoms. The zero-order valence-electron chi connectivity index (χ0n) is 9.47. The highest BCUT2D eigenvalue weighted by molar-refractivity contribution is 5.75. The Hall–Kier alpha value is -1.20. The van der Waals surface area contributed by atoms with E-state index in [1.165, 1.54) is 0 Å². The Balaban J connectivity index is 2.54. The molecule has 0 aliphatic heterocycles. The van der Waals surface area contributed by atoms with Gasteiger partial charge in [0.2, 0.25) is 0 Å². The molecule has 0 aromatic carbocycles. The zero-order chi connectivity index (χ0) is 12.6. The van der Waals surface area contributed by atoms with E-state index in [4.69, 9.17) is 4.74 Å². The number of amides is 1. The van der Waals surface area contributed by atoms with Gasteiger partial charge >= 0.3 is 6.09 Å². The summed E-state index contributed by atoms with van der Waals surface area (Å²) in [5.41, 5.74) is -2.19. The summed E-state index contributed by atoms with van der Waals surface area (Å²) in [6, 6.07) is 0. The van der Waals surface area contributed by atoms with E-state index >= 15 is 0 Å². The first-order chi connectivity index (χ1) is 7.08. The molecule has 0 saturated heterocycles. The van der Waals surface area contributed by atoms with Gasteiger partial charge in [-0.15, -0.1) is 0 Å². The molecule has 1 rings (SSSR count). The Bertz CT molecular complexity index is 302. The Morgan fingerprint density at radius 2 is 1.88 bits per heavy atom. The maximum absolute atomic E-state index is 12.6. The van der Waals surface area contributed by atoms with Gasteiger partial charge in [-0.1, -0.05) is 0 Å². The molecule has 16 heavy (non-hydrogen) atoms. The third-order valence-corrected chi connectivity index (χ3v) is 2.10. The number of hydrogen-bond acceptors (Lipinski definition) is 3. The van der Waals surface area contributed by atoms with E-state index in [-0.39, 0.29) is 6.29 Å². The standard InChI is InChI=1S/C10H15F2NO3/c1-8(2,3)13-7(15)16-9(6-14)4-10(11,12)5-9/h6H,4-5H2,1-3H3,(H,13,15). The van der Waals surface area contributed by atoms with E-state index in [1.54, 1.807) is 20.8 Å². The lowest BCUT2D eigenvalue weighted by Gasteiger charge is -2.42. The first kappa shape index (κ1) is 12.9. The summed E-state index contributed by atoms with van der Waals surface area (Å²) in [6.45, 7) is 5.16. The lowest BCUT2D eigenvalue weighted by molar-refractivity contribution is -0.197. The number of alkyl halides is 2. The average molecular weight is 235 g/mol. The van der Waals surface area contributed by atoms with Gasteiger partial charge in [-0.3, -0.25) is 4.79 Å². The predicted octanol–water partition coefficient (Wildman–Crippen LogP) is 1.88. The van der Waals surface area contributed by atoms with Crippen LogP contribution < -0.4 is 5.32 Å². The van der Waals surface area contributed by atoms with Crippen molar-refractivity contribution in [3.05, 3.63) is 0 Å². The van der Waals surface area contributed by atoms with E-state index < -0.39 is 36.0 Å². The molecular formula is C10H15F2NO3. The van der Waals surface area contributed by atoms with E-state index in [9.17, 15) is 18.4 Å². The van der Waals surface area contributed by atoms with Gasteiger partial charge in [0.25, 0.3) is 5.92 Å². The Labute approximate surface area is 92.3 Å². The van der Waals surface area contributed by atoms with Crippen molar-refractivity contribution in [2.75, 3.05) is 0 Å². The fraction of sp³-hybridized carbons (Fsp3) is 0.800. The van der Waals surface area contributed by atoms with Crippen LogP contribution >= 0.6 is 0 Å². The van der Waals surface area contributed by atoms with E-state index in [0.717, 1.165) is 0 Å². The quantitative estimate of drug-likeness (QED) is 0.743. The number of carbonyl (C=O) groups excluding carboxylic acids is 2. The third-order valence-electron chi connectivity index (χ3n) is 2.10. The summed E-state index contributed by atoms with van der Waals surface area (Å²) < 4.78 is 30.0. The van der Waals surface area contributed by atoms with Crippen molar-refractivity contribution in [3.8, 4) is 0 Å². The number of hydrogen-bond donors (Lipinski definition) is 1. The fourth-order valence-corrected chi connectivity index (χ4v) is 1.52. The number of nitrogens with one attached hydrogen (secondary N) is 1. The molecule has 0 heterocycles. The lowest BCUT2D eigenvalue weighted by Crippen LogP contribution is -2.57. The molecule has 1 aliphatic rings. The third kappa shape index (κ3) is 3.15. The first-order valence-electron chi connectivity index (χ1n) is 4.93. The monoisotopic (exact) mass is 235 g/mol. The molecule has 1 aliphatic carbocycles. The van der Waals surface area contributed by atoms with Crippen LogP contribution in [-0.4, -0.2) is 29.4 Å². The molecule has 0 unspecified atom stereocenters. The number of rotatable bonds is 2. The van der Waals surface area contributed by atoms with E-state index in [1.807, 2.05) is 0 Å². The molecule has 92 valence electrons. The summed E-state index contributed by atoms with van der Waals surface area (Å²) in [6.07, 6.45) is -2.05. The topological polar surface area (TPSA) is 55.4 Å². The molecule has 6 heteroatoms. The minimum Gasteiger partial charge on any atom is -0.435 e. The van der Waals surface area contributed by atoms with Crippen molar-refractivity contribution in [3.63, 3.8) is 0 Å². The minimum atomic E-state index is -2.91. The van der Waals surface area contributed by atoms with Crippen molar-refractivity contribution < 1.29 is 23.1 Å². The van der Waals surface area contributed by atoms with E-state index in [0.29, 0.717) is 0 Å². The number of ether oxygens (including phenoxy) is 1. The summed E-state index contributed by atoms with van der Waals surface area (Å²) in [7, 11) is 0. The summed E-state index contributed by atoms with van der Waals surface area (Å²) in [4.78, 5) is 22.0. The van der Waals surface area contributed by atoms with Gasteiger partial charge in [-0.25, -0.2) is 13.6 Å². The second kappa shape index (κ2) is 3.68. The molecule has 1 N–H and O–H groups in total. The minimum absolute atomic E-state index is 0.270. The van der Waals surface area contributed by atoms with Gasteiger partial charge in [-0.2, -0.15) is 0 Å². The van der Waals surface area contributed by atoms with Gasteiger partial charge in [0.15, 0.2) is 11.9 Å². The molecular weight excluding hydrogens is 220 g/mol. The largest absolute Gasteiger partial charge is 0.435 e. The average Bonchev–Trinajstić information content (AvgIpc) is 1.96. The highest BCUT2D eigenvalue weighted by atomic mass is 19.3. The smallest absolute Gasteiger partial charge is 0.408 e. The fourth-order valence-electron chi connectivity index (χ4n) is 1.52. The van der Waals surface area contributed by atoms with Crippen molar-refractivity contribution in [1.82, 2.24) is 5.32 Å². The summed E-state index contributed by atoms with van der Waals surface area (Å²) in [5.74, 6) is -2.91. The highest BCUT2D eigenvalue weighted by Gasteiger charge is 2.59. The van der Waals surface area contributed by atoms with Crippen LogP contribution in [0.3, 0.4) is 0 Å². The van der Waals surface area contributed by atoms with Crippen LogP contribution in [0, 0.1) is 0 Å². The van der Waals surface area contributed by atoms with E-state index in [2.05, 4.69) is 5.32 Å². The van der Waals surface area contributed by atoms with Gasteiger partial charge in [0, 0.05) is 5.54 Å². The van der Waals surface area contributed by atoms with Crippen LogP contribution in [0.1, 0.15) is 33.6 Å². The van der Waals surface area contributed by atoms with Crippen LogP contribution in [0.4, 0.5) is 13.6 Å². The molecule has 4 nitrogen and oxygen atoms in total. The summed E-state index contributed by atoms with van der Waals surface area (Å²) in [5, 5.41) is 2.44. The number of halogens is 2.